The highest BCUT2D eigenvalue weighted by Crippen LogP contribution is 2.35. The number of nitrogens with two attached hydrogens (primary N) is 1. The Bertz CT molecular complexity index is 480. The van der Waals surface area contributed by atoms with Crippen molar-refractivity contribution in [2.45, 2.75) is 70.3 Å². The van der Waals surface area contributed by atoms with Gasteiger partial charge < -0.3 is 15.8 Å². The van der Waals surface area contributed by atoms with E-state index >= 15 is 0 Å². The molecule has 0 saturated carbocycles. The van der Waals surface area contributed by atoms with E-state index in [2.05, 4.69) is 50.6 Å². The third-order valence-electron chi connectivity index (χ3n) is 4.46. The number of carbonyl (C=O) groups excluding carboxylic acids is 2. The molecule has 1 saturated heterocycles. The van der Waals surface area contributed by atoms with Crippen molar-refractivity contribution in [1.29, 1.82) is 0 Å². The predicted molar refractivity (Wildman–Crippen MR) is 89.7 cm³/mol. The summed E-state index contributed by atoms with van der Waals surface area (Å²) in [7, 11) is -1.72. The van der Waals surface area contributed by atoms with E-state index in [1.807, 2.05) is 0 Å². The first-order valence-electron chi connectivity index (χ1n) is 7.76. The van der Waals surface area contributed by atoms with Gasteiger partial charge in [0.15, 0.2) is 0 Å². The molecule has 124 valence electrons. The number of hydrogen-bond acceptors (Lipinski definition) is 3. The van der Waals surface area contributed by atoms with Gasteiger partial charge in [-0.05, 0) is 17.9 Å². The lowest BCUT2D eigenvalue weighted by atomic mass is 10.1. The molecule has 6 heteroatoms. The summed E-state index contributed by atoms with van der Waals surface area (Å²) in [6.07, 6.45) is 1.34. The number of carbonyl (C=O) groups is 2. The van der Waals surface area contributed by atoms with Crippen LogP contribution in [-0.2, 0) is 14.3 Å². The van der Waals surface area contributed by atoms with E-state index in [9.17, 15) is 9.59 Å². The molecular weight excluding hydrogens is 296 g/mol. The van der Waals surface area contributed by atoms with Gasteiger partial charge in [-0.25, -0.2) is 0 Å². The molecule has 0 aromatic carbocycles. The van der Waals surface area contributed by atoms with E-state index < -0.39 is 26.1 Å². The first-order chi connectivity index (χ1) is 10.0. The van der Waals surface area contributed by atoms with Crippen LogP contribution in [0.3, 0.4) is 0 Å². The van der Waals surface area contributed by atoms with E-state index in [1.165, 1.54) is 0 Å². The molecule has 2 atom stereocenters. The summed E-state index contributed by atoms with van der Waals surface area (Å²) < 4.78 is 5.31. The maximum atomic E-state index is 12.0. The summed E-state index contributed by atoms with van der Waals surface area (Å²) in [5, 5.41) is 2.81. The van der Waals surface area contributed by atoms with Crippen LogP contribution in [-0.4, -0.2) is 38.6 Å². The lowest BCUT2D eigenvalue weighted by Crippen LogP contribution is -2.47. The molecule has 0 aromatic heterocycles. The molecule has 0 spiro atoms. The van der Waals surface area contributed by atoms with Crippen LogP contribution in [0.5, 0.6) is 0 Å². The zero-order chi connectivity index (χ0) is 17.0. The molecule has 0 unspecified atom stereocenters. The fraction of sp³-hybridized carbons (Fsp3) is 0.750. The highest BCUT2D eigenvalue weighted by molar-refractivity contribution is 6.87. The number of nitrogens with one attached hydrogen (secondary N) is 1. The fourth-order valence-electron chi connectivity index (χ4n) is 1.83. The Hall–Kier alpha value is -1.32. The average Bonchev–Trinajstić information content (AvgIpc) is 2.89. The van der Waals surface area contributed by atoms with Gasteiger partial charge in [-0.3, -0.25) is 9.59 Å². The minimum atomic E-state index is -1.72. The van der Waals surface area contributed by atoms with E-state index in [0.29, 0.717) is 13.0 Å². The van der Waals surface area contributed by atoms with Gasteiger partial charge in [0.2, 0.25) is 11.8 Å². The SMILES string of the molecule is CC(C)(C)[Si](C)(C)C#CC[C@@H](NC(=O)[C@H]1CCCO1)C(N)=O. The Balaban J connectivity index is 2.66. The number of hydrogen-bond donors (Lipinski definition) is 2. The zero-order valence-electron chi connectivity index (χ0n) is 14.3. The van der Waals surface area contributed by atoms with Crippen LogP contribution in [0.15, 0.2) is 0 Å². The van der Waals surface area contributed by atoms with Crippen LogP contribution in [0.4, 0.5) is 0 Å². The van der Waals surface area contributed by atoms with E-state index in [0.717, 1.165) is 6.42 Å². The topological polar surface area (TPSA) is 81.4 Å². The Labute approximate surface area is 134 Å². The van der Waals surface area contributed by atoms with E-state index in [1.54, 1.807) is 0 Å². The van der Waals surface area contributed by atoms with Crippen LogP contribution >= 0.6 is 0 Å². The normalized spacial score (nSPS) is 20.0. The predicted octanol–water partition coefficient (Wildman–Crippen LogP) is 1.58. The highest BCUT2D eigenvalue weighted by Gasteiger charge is 2.33. The zero-order valence-corrected chi connectivity index (χ0v) is 15.3. The van der Waals surface area contributed by atoms with Gasteiger partial charge in [0.05, 0.1) is 0 Å². The monoisotopic (exact) mass is 324 g/mol. The molecule has 0 bridgehead atoms. The Morgan fingerprint density at radius 3 is 2.50 bits per heavy atom. The molecule has 22 heavy (non-hydrogen) atoms. The molecule has 1 aliphatic rings. The van der Waals surface area contributed by atoms with Crippen molar-refractivity contribution in [3.63, 3.8) is 0 Å². The van der Waals surface area contributed by atoms with E-state index in [-0.39, 0.29) is 17.4 Å². The van der Waals surface area contributed by atoms with Crippen molar-refractivity contribution in [2.24, 2.45) is 5.73 Å². The molecule has 0 aromatic rings. The molecule has 0 radical (unpaired) electrons. The second kappa shape index (κ2) is 7.29. The summed E-state index contributed by atoms with van der Waals surface area (Å²) in [4.78, 5) is 23.5. The molecule has 1 rings (SSSR count). The molecular formula is C16H28N2O3Si. The lowest BCUT2D eigenvalue weighted by molar-refractivity contribution is -0.133. The largest absolute Gasteiger partial charge is 0.368 e. The molecule has 1 fully saturated rings. The molecule has 0 aliphatic carbocycles. The lowest BCUT2D eigenvalue weighted by Gasteiger charge is -2.31. The third kappa shape index (κ3) is 5.15. The Morgan fingerprint density at radius 2 is 2.05 bits per heavy atom. The van der Waals surface area contributed by atoms with Gasteiger partial charge in [0.25, 0.3) is 0 Å². The maximum Gasteiger partial charge on any atom is 0.249 e. The summed E-state index contributed by atoms with van der Waals surface area (Å²) >= 11 is 0. The smallest absolute Gasteiger partial charge is 0.249 e. The number of primary amides is 1. The first-order valence-corrected chi connectivity index (χ1v) is 10.8. The van der Waals surface area contributed by atoms with Gasteiger partial charge >= 0.3 is 0 Å². The van der Waals surface area contributed by atoms with Gasteiger partial charge in [-0.2, -0.15) is 0 Å². The van der Waals surface area contributed by atoms with Crippen molar-refractivity contribution in [1.82, 2.24) is 5.32 Å². The van der Waals surface area contributed by atoms with Gasteiger partial charge in [0.1, 0.15) is 20.2 Å². The van der Waals surface area contributed by atoms with Crippen molar-refractivity contribution in [3.8, 4) is 11.5 Å². The molecule has 5 nitrogen and oxygen atoms in total. The summed E-state index contributed by atoms with van der Waals surface area (Å²) in [5.74, 6) is 2.24. The molecule has 3 N–H and O–H groups in total. The standard InChI is InChI=1S/C16H28N2O3Si/c1-16(2,3)22(4,5)11-7-8-12(14(17)19)18-15(20)13-9-6-10-21-13/h12-13H,6,8-10H2,1-5H3,(H2,17,19)(H,18,20)/t12-,13-/m1/s1. The second-order valence-electron chi connectivity index (χ2n) is 7.35. The molecule has 2 amide bonds. The highest BCUT2D eigenvalue weighted by atomic mass is 28.3. The summed E-state index contributed by atoms with van der Waals surface area (Å²) in [5.41, 5.74) is 8.69. The molecule has 1 heterocycles. The van der Waals surface area contributed by atoms with Gasteiger partial charge in [0, 0.05) is 13.0 Å². The first kappa shape index (κ1) is 18.7. The minimum Gasteiger partial charge on any atom is -0.368 e. The van der Waals surface area contributed by atoms with E-state index in [4.69, 9.17) is 10.5 Å². The van der Waals surface area contributed by atoms with Crippen molar-refractivity contribution >= 4 is 19.9 Å². The van der Waals surface area contributed by atoms with Crippen LogP contribution < -0.4 is 11.1 Å². The van der Waals surface area contributed by atoms with Crippen LogP contribution in [0.1, 0.15) is 40.0 Å². The van der Waals surface area contributed by atoms with Gasteiger partial charge in [-0.15, -0.1) is 11.5 Å². The maximum absolute atomic E-state index is 12.0. The van der Waals surface area contributed by atoms with Gasteiger partial charge in [-0.1, -0.05) is 33.9 Å². The Morgan fingerprint density at radius 1 is 1.41 bits per heavy atom. The average molecular weight is 324 g/mol. The van der Waals surface area contributed by atoms with Crippen LogP contribution in [0.2, 0.25) is 18.1 Å². The van der Waals surface area contributed by atoms with Crippen LogP contribution in [0, 0.1) is 11.5 Å². The minimum absolute atomic E-state index is 0.156. The van der Waals surface area contributed by atoms with Crippen molar-refractivity contribution in [2.75, 3.05) is 6.61 Å². The van der Waals surface area contributed by atoms with Crippen LogP contribution in [0.25, 0.3) is 0 Å². The number of amides is 2. The second-order valence-corrected chi connectivity index (χ2v) is 12.3. The molecule has 1 aliphatic heterocycles. The van der Waals surface area contributed by atoms with Crippen molar-refractivity contribution in [3.05, 3.63) is 0 Å². The quantitative estimate of drug-likeness (QED) is 0.608. The fourth-order valence-corrected chi connectivity index (χ4v) is 2.75. The Kier molecular flexibility index (Phi) is 6.21. The number of ether oxygens (including phenoxy) is 1. The summed E-state index contributed by atoms with van der Waals surface area (Å²) in [6.45, 7) is 11.5. The number of rotatable bonds is 4. The third-order valence-corrected chi connectivity index (χ3v) is 9.02. The summed E-state index contributed by atoms with van der Waals surface area (Å²) in [6, 6.07) is -0.756. The van der Waals surface area contributed by atoms with Crippen molar-refractivity contribution < 1.29 is 14.3 Å².